The highest BCUT2D eigenvalue weighted by Gasteiger charge is 2.38. The molecule has 1 aliphatic heterocycles. The summed E-state index contributed by atoms with van der Waals surface area (Å²) in [7, 11) is 0. The Balaban J connectivity index is 2.57. The van der Waals surface area contributed by atoms with Gasteiger partial charge in [-0.3, -0.25) is 0 Å². The molecule has 2 nitrogen and oxygen atoms in total. The molecule has 1 aliphatic rings. The summed E-state index contributed by atoms with van der Waals surface area (Å²) in [5.74, 6) is -0.0220. The predicted octanol–water partition coefficient (Wildman–Crippen LogP) is 1.96. The van der Waals surface area contributed by atoms with E-state index in [0.717, 1.165) is 0 Å². The summed E-state index contributed by atoms with van der Waals surface area (Å²) >= 11 is 0. The monoisotopic (exact) mass is 156 g/mol. The van der Waals surface area contributed by atoms with Crippen molar-refractivity contribution in [2.45, 2.75) is 32.7 Å². The van der Waals surface area contributed by atoms with Crippen LogP contribution < -0.4 is 0 Å². The summed E-state index contributed by atoms with van der Waals surface area (Å²) < 4.78 is 11.1. The van der Waals surface area contributed by atoms with Crippen molar-refractivity contribution in [2.75, 3.05) is 6.61 Å². The molecule has 0 amide bonds. The number of rotatable bonds is 2. The van der Waals surface area contributed by atoms with Crippen LogP contribution in [0.15, 0.2) is 12.7 Å². The van der Waals surface area contributed by atoms with Crippen molar-refractivity contribution < 1.29 is 9.47 Å². The minimum absolute atomic E-state index is 0.0717. The zero-order valence-electron chi connectivity index (χ0n) is 7.46. The van der Waals surface area contributed by atoms with E-state index in [2.05, 4.69) is 20.4 Å². The summed E-state index contributed by atoms with van der Waals surface area (Å²) in [5, 5.41) is 0. The van der Waals surface area contributed by atoms with Gasteiger partial charge in [0.2, 0.25) is 0 Å². The Kier molecular flexibility index (Phi) is 2.35. The van der Waals surface area contributed by atoms with E-state index in [0.29, 0.717) is 12.5 Å². The molecule has 2 unspecified atom stereocenters. The highest BCUT2D eigenvalue weighted by molar-refractivity contribution is 4.87. The number of hydrogen-bond acceptors (Lipinski definition) is 2. The van der Waals surface area contributed by atoms with E-state index in [1.54, 1.807) is 6.08 Å². The van der Waals surface area contributed by atoms with E-state index >= 15 is 0 Å². The molecule has 0 aliphatic carbocycles. The average molecular weight is 156 g/mol. The molecule has 0 spiro atoms. The lowest BCUT2D eigenvalue weighted by Gasteiger charge is -2.26. The number of hydrogen-bond donors (Lipinski definition) is 0. The minimum Gasteiger partial charge on any atom is -0.347 e. The van der Waals surface area contributed by atoms with Crippen LogP contribution in [0.3, 0.4) is 0 Å². The molecule has 0 bridgehead atoms. The fourth-order valence-electron chi connectivity index (χ4n) is 1.04. The Morgan fingerprint density at radius 2 is 2.27 bits per heavy atom. The maximum absolute atomic E-state index is 5.62. The lowest BCUT2D eigenvalue weighted by molar-refractivity contribution is -0.179. The van der Waals surface area contributed by atoms with Crippen LogP contribution in [0.5, 0.6) is 0 Å². The van der Waals surface area contributed by atoms with Gasteiger partial charge in [0.1, 0.15) is 6.10 Å². The molecule has 0 aromatic carbocycles. The Morgan fingerprint density at radius 3 is 2.55 bits per heavy atom. The van der Waals surface area contributed by atoms with E-state index in [1.165, 1.54) is 0 Å². The van der Waals surface area contributed by atoms with E-state index in [4.69, 9.17) is 9.47 Å². The molecule has 1 fully saturated rings. The third-order valence-corrected chi connectivity index (χ3v) is 2.23. The van der Waals surface area contributed by atoms with E-state index in [1.807, 2.05) is 6.92 Å². The van der Waals surface area contributed by atoms with Crippen LogP contribution in [0, 0.1) is 5.92 Å². The average Bonchev–Trinajstić information content (AvgIpc) is 2.33. The Bertz CT molecular complexity index is 154. The molecule has 2 heteroatoms. The third-order valence-electron chi connectivity index (χ3n) is 2.23. The van der Waals surface area contributed by atoms with Gasteiger partial charge in [0.05, 0.1) is 6.61 Å². The van der Waals surface area contributed by atoms with Crippen LogP contribution in [0.25, 0.3) is 0 Å². The van der Waals surface area contributed by atoms with Gasteiger partial charge in [0.25, 0.3) is 0 Å². The molecule has 1 rings (SSSR count). The highest BCUT2D eigenvalue weighted by Crippen LogP contribution is 2.30. The molecule has 0 saturated carbocycles. The minimum atomic E-state index is -0.404. The smallest absolute Gasteiger partial charge is 0.168 e. The number of ether oxygens (including phenoxy) is 2. The fourth-order valence-corrected chi connectivity index (χ4v) is 1.04. The third kappa shape index (κ3) is 1.63. The van der Waals surface area contributed by atoms with Crippen LogP contribution in [-0.4, -0.2) is 18.5 Å². The lowest BCUT2D eigenvalue weighted by atomic mass is 10.1. The Morgan fingerprint density at radius 1 is 1.64 bits per heavy atom. The predicted molar refractivity (Wildman–Crippen MR) is 44.3 cm³/mol. The largest absolute Gasteiger partial charge is 0.347 e. The van der Waals surface area contributed by atoms with Crippen LogP contribution >= 0.6 is 0 Å². The summed E-state index contributed by atoms with van der Waals surface area (Å²) in [6, 6.07) is 0. The molecular formula is C9H16O2. The van der Waals surface area contributed by atoms with Crippen LogP contribution in [0.2, 0.25) is 0 Å². The molecule has 0 radical (unpaired) electrons. The van der Waals surface area contributed by atoms with Gasteiger partial charge in [-0.15, -0.1) is 6.58 Å². The molecule has 0 aromatic heterocycles. The summed E-state index contributed by atoms with van der Waals surface area (Å²) in [5.41, 5.74) is 0. The molecule has 64 valence electrons. The van der Waals surface area contributed by atoms with Gasteiger partial charge in [-0.05, 0) is 6.92 Å². The van der Waals surface area contributed by atoms with Crippen LogP contribution in [0.4, 0.5) is 0 Å². The van der Waals surface area contributed by atoms with E-state index in [-0.39, 0.29) is 6.10 Å². The highest BCUT2D eigenvalue weighted by atomic mass is 16.7. The molecule has 0 aromatic rings. The van der Waals surface area contributed by atoms with Gasteiger partial charge in [-0.2, -0.15) is 0 Å². The first kappa shape index (κ1) is 8.75. The SMILES string of the molecule is C=CC1COC(C)(C(C)C)O1. The molecule has 2 atom stereocenters. The maximum Gasteiger partial charge on any atom is 0.168 e. The Labute approximate surface area is 68.2 Å². The van der Waals surface area contributed by atoms with Crippen LogP contribution in [0.1, 0.15) is 20.8 Å². The normalized spacial score (nSPS) is 38.0. The van der Waals surface area contributed by atoms with Crippen molar-refractivity contribution in [3.63, 3.8) is 0 Å². The lowest BCUT2D eigenvalue weighted by Crippen LogP contribution is -2.32. The van der Waals surface area contributed by atoms with Crippen molar-refractivity contribution in [3.8, 4) is 0 Å². The quantitative estimate of drug-likeness (QED) is 0.569. The fraction of sp³-hybridized carbons (Fsp3) is 0.778. The molecule has 11 heavy (non-hydrogen) atoms. The molecule has 0 N–H and O–H groups in total. The topological polar surface area (TPSA) is 18.5 Å². The van der Waals surface area contributed by atoms with Crippen molar-refractivity contribution in [1.29, 1.82) is 0 Å². The van der Waals surface area contributed by atoms with Gasteiger partial charge in [0, 0.05) is 5.92 Å². The van der Waals surface area contributed by atoms with Crippen molar-refractivity contribution in [2.24, 2.45) is 5.92 Å². The van der Waals surface area contributed by atoms with Crippen molar-refractivity contribution >= 4 is 0 Å². The van der Waals surface area contributed by atoms with Gasteiger partial charge >= 0.3 is 0 Å². The van der Waals surface area contributed by atoms with Gasteiger partial charge in [-0.25, -0.2) is 0 Å². The summed E-state index contributed by atoms with van der Waals surface area (Å²) in [6.07, 6.45) is 1.86. The summed E-state index contributed by atoms with van der Waals surface area (Å²) in [4.78, 5) is 0. The second-order valence-corrected chi connectivity index (χ2v) is 3.37. The van der Waals surface area contributed by atoms with Gasteiger partial charge < -0.3 is 9.47 Å². The first-order valence-corrected chi connectivity index (χ1v) is 4.03. The molecular weight excluding hydrogens is 140 g/mol. The first-order valence-electron chi connectivity index (χ1n) is 4.03. The van der Waals surface area contributed by atoms with E-state index < -0.39 is 5.79 Å². The van der Waals surface area contributed by atoms with Crippen molar-refractivity contribution in [1.82, 2.24) is 0 Å². The summed E-state index contributed by atoms with van der Waals surface area (Å²) in [6.45, 7) is 10.5. The maximum atomic E-state index is 5.62. The first-order chi connectivity index (χ1) is 5.08. The Hall–Kier alpha value is -0.340. The molecule has 1 saturated heterocycles. The van der Waals surface area contributed by atoms with Crippen LogP contribution in [-0.2, 0) is 9.47 Å². The second kappa shape index (κ2) is 2.95. The molecule has 1 heterocycles. The van der Waals surface area contributed by atoms with Gasteiger partial charge in [0.15, 0.2) is 5.79 Å². The zero-order chi connectivity index (χ0) is 8.48. The second-order valence-electron chi connectivity index (χ2n) is 3.37. The standard InChI is InChI=1S/C9H16O2/c1-5-8-6-10-9(4,11-8)7(2)3/h5,7-8H,1,6H2,2-4H3. The zero-order valence-corrected chi connectivity index (χ0v) is 7.46. The van der Waals surface area contributed by atoms with E-state index in [9.17, 15) is 0 Å². The van der Waals surface area contributed by atoms with Gasteiger partial charge in [-0.1, -0.05) is 19.9 Å². The van der Waals surface area contributed by atoms with Crippen molar-refractivity contribution in [3.05, 3.63) is 12.7 Å².